The van der Waals surface area contributed by atoms with Gasteiger partial charge in [0.2, 0.25) is 15.9 Å². The first-order valence-corrected chi connectivity index (χ1v) is 17.3. The van der Waals surface area contributed by atoms with Gasteiger partial charge in [-0.2, -0.15) is 0 Å². The number of carbonyl (C=O) groups excluding carboxylic acids is 1. The number of unbranched alkanes of at least 4 members (excludes halogenated alkanes) is 2. The molecule has 4 rings (SSSR count). The molecule has 1 N–H and O–H groups in total. The van der Waals surface area contributed by atoms with E-state index in [1.165, 1.54) is 4.31 Å². The van der Waals surface area contributed by atoms with E-state index in [0.717, 1.165) is 60.0 Å². The topological polar surface area (TPSA) is 107 Å². The summed E-state index contributed by atoms with van der Waals surface area (Å²) in [5.74, 6) is -0.915. The third-order valence-electron chi connectivity index (χ3n) is 9.03. The average Bonchev–Trinajstić information content (AvgIpc) is 3.62. The summed E-state index contributed by atoms with van der Waals surface area (Å²) in [6.07, 6.45) is 5.65. The number of nitrogens with zero attached hydrogens (tertiary/aromatic N) is 4. The van der Waals surface area contributed by atoms with E-state index in [1.807, 2.05) is 21.9 Å². The molecule has 3 aliphatic rings. The number of ether oxygens (including phenoxy) is 1. The van der Waals surface area contributed by atoms with Gasteiger partial charge in [0.05, 0.1) is 52.5 Å². The first kappa shape index (κ1) is 32.7. The standard InChI is InChI=1S/C31H50N4O6S/c1-5-6-14-32(15-7-8-18-35(2,3)4)29(36)23-33-22-26(24-10-11-28-25(21-24)13-19-41-28)30(31(37)38)27(33)12-17-34-16-9-20-42(34,39)40/h10-11,21,26-27,30H,5-9,12-20,22-23H2,1-4H3/p+1/t26-,27+,30-/m1/s1. The molecule has 1 aromatic rings. The van der Waals surface area contributed by atoms with Gasteiger partial charge in [0.15, 0.2) is 0 Å². The molecule has 1 aromatic carbocycles. The maximum atomic E-state index is 13.8. The van der Waals surface area contributed by atoms with Crippen molar-refractivity contribution in [1.82, 2.24) is 14.1 Å². The van der Waals surface area contributed by atoms with Crippen LogP contribution < -0.4 is 4.74 Å². The highest BCUT2D eigenvalue weighted by atomic mass is 32.2. The first-order valence-electron chi connectivity index (χ1n) is 15.7. The monoisotopic (exact) mass is 607 g/mol. The van der Waals surface area contributed by atoms with Crippen molar-refractivity contribution in [3.8, 4) is 5.75 Å². The van der Waals surface area contributed by atoms with E-state index in [4.69, 9.17) is 4.74 Å². The molecule has 1 amide bonds. The molecule has 0 unspecified atom stereocenters. The lowest BCUT2D eigenvalue weighted by atomic mass is 9.83. The Labute approximate surface area is 252 Å². The number of carboxylic acids is 1. The van der Waals surface area contributed by atoms with E-state index < -0.39 is 28.0 Å². The van der Waals surface area contributed by atoms with E-state index in [9.17, 15) is 23.1 Å². The summed E-state index contributed by atoms with van der Waals surface area (Å²) in [7, 11) is 3.21. The molecule has 0 bridgehead atoms. The van der Waals surface area contributed by atoms with Crippen molar-refractivity contribution in [2.45, 2.75) is 63.8 Å². The lowest BCUT2D eigenvalue weighted by molar-refractivity contribution is -0.870. The fourth-order valence-corrected chi connectivity index (χ4v) is 8.26. The minimum Gasteiger partial charge on any atom is -0.493 e. The molecule has 3 aliphatic heterocycles. The largest absolute Gasteiger partial charge is 0.493 e. The Morgan fingerprint density at radius 2 is 1.90 bits per heavy atom. The van der Waals surface area contributed by atoms with Crippen LogP contribution in [0.2, 0.25) is 0 Å². The maximum Gasteiger partial charge on any atom is 0.308 e. The number of sulfonamides is 1. The number of rotatable bonds is 15. The summed E-state index contributed by atoms with van der Waals surface area (Å²) in [4.78, 5) is 30.6. The fourth-order valence-electron chi connectivity index (χ4n) is 6.72. The van der Waals surface area contributed by atoms with Gasteiger partial charge in [0.25, 0.3) is 0 Å². The number of hydrogen-bond acceptors (Lipinski definition) is 6. The van der Waals surface area contributed by atoms with Crippen LogP contribution in [0.4, 0.5) is 0 Å². The first-order chi connectivity index (χ1) is 19.9. The number of likely N-dealkylation sites (tertiary alicyclic amines) is 1. The Balaban J connectivity index is 1.54. The van der Waals surface area contributed by atoms with Crippen LogP contribution in [0.15, 0.2) is 18.2 Å². The summed E-state index contributed by atoms with van der Waals surface area (Å²) in [6, 6.07) is 5.51. The lowest BCUT2D eigenvalue weighted by Crippen LogP contribution is -2.46. The molecule has 0 aromatic heterocycles. The maximum absolute atomic E-state index is 13.8. The SMILES string of the molecule is CCCCN(CCCC[N+](C)(C)C)C(=O)CN1C[C@H](c2ccc3c(c2)CCO3)[C@@H](C(=O)O)[C@@H]1CCN1CCCS1(=O)=O. The van der Waals surface area contributed by atoms with E-state index in [0.29, 0.717) is 45.6 Å². The van der Waals surface area contributed by atoms with Gasteiger partial charge in [-0.3, -0.25) is 14.5 Å². The van der Waals surface area contributed by atoms with E-state index >= 15 is 0 Å². The van der Waals surface area contributed by atoms with Crippen LogP contribution in [-0.4, -0.2) is 129 Å². The van der Waals surface area contributed by atoms with Crippen molar-refractivity contribution in [3.63, 3.8) is 0 Å². The predicted octanol–water partition coefficient (Wildman–Crippen LogP) is 2.63. The lowest BCUT2D eigenvalue weighted by Gasteiger charge is -2.31. The third-order valence-corrected chi connectivity index (χ3v) is 11.0. The number of benzene rings is 1. The zero-order valence-corrected chi connectivity index (χ0v) is 26.8. The summed E-state index contributed by atoms with van der Waals surface area (Å²) in [5, 5.41) is 10.5. The van der Waals surface area contributed by atoms with Gasteiger partial charge in [-0.05, 0) is 49.3 Å². The second-order valence-electron chi connectivity index (χ2n) is 13.2. The summed E-state index contributed by atoms with van der Waals surface area (Å²) in [6.45, 7) is 6.51. The van der Waals surface area contributed by atoms with Crippen molar-refractivity contribution in [3.05, 3.63) is 29.3 Å². The summed E-state index contributed by atoms with van der Waals surface area (Å²) >= 11 is 0. The molecule has 0 radical (unpaired) electrons. The van der Waals surface area contributed by atoms with Crippen LogP contribution in [0.25, 0.3) is 0 Å². The Kier molecular flexibility index (Phi) is 10.9. The van der Waals surface area contributed by atoms with Crippen LogP contribution in [0.3, 0.4) is 0 Å². The van der Waals surface area contributed by atoms with E-state index in [-0.39, 0.29) is 30.7 Å². The van der Waals surface area contributed by atoms with Crippen LogP contribution in [0.1, 0.15) is 62.5 Å². The number of aliphatic carboxylic acids is 1. The van der Waals surface area contributed by atoms with Gasteiger partial charge in [-0.1, -0.05) is 25.5 Å². The number of amides is 1. The van der Waals surface area contributed by atoms with Gasteiger partial charge in [0, 0.05) is 51.1 Å². The van der Waals surface area contributed by atoms with Crippen molar-refractivity contribution >= 4 is 21.9 Å². The molecule has 0 saturated carbocycles. The number of hydrogen-bond donors (Lipinski definition) is 1. The van der Waals surface area contributed by atoms with E-state index in [2.05, 4.69) is 34.1 Å². The zero-order valence-electron chi connectivity index (χ0n) is 26.0. The van der Waals surface area contributed by atoms with Crippen LogP contribution in [0.5, 0.6) is 5.75 Å². The molecule has 0 spiro atoms. The zero-order chi connectivity index (χ0) is 30.5. The van der Waals surface area contributed by atoms with E-state index in [1.54, 1.807) is 0 Å². The molecule has 3 heterocycles. The Bertz CT molecular complexity index is 1200. The number of carbonyl (C=O) groups is 2. The van der Waals surface area contributed by atoms with Crippen molar-refractivity contribution < 1.29 is 32.3 Å². The van der Waals surface area contributed by atoms with Crippen LogP contribution in [0, 0.1) is 5.92 Å². The van der Waals surface area contributed by atoms with Crippen LogP contribution in [-0.2, 0) is 26.0 Å². The number of carboxylic acid groups (broad SMARTS) is 1. The smallest absolute Gasteiger partial charge is 0.308 e. The normalized spacial score (nSPS) is 24.0. The van der Waals surface area contributed by atoms with Crippen molar-refractivity contribution in [2.75, 3.05) is 79.3 Å². The van der Waals surface area contributed by atoms with Crippen LogP contribution >= 0.6 is 0 Å². The number of fused-ring (bicyclic) bond motifs is 1. The van der Waals surface area contributed by atoms with Gasteiger partial charge in [-0.15, -0.1) is 0 Å². The molecule has 236 valence electrons. The molecule has 11 heteroatoms. The molecule has 3 atom stereocenters. The quantitative estimate of drug-likeness (QED) is 0.241. The van der Waals surface area contributed by atoms with Gasteiger partial charge in [0.1, 0.15) is 5.75 Å². The highest BCUT2D eigenvalue weighted by molar-refractivity contribution is 7.89. The highest BCUT2D eigenvalue weighted by Gasteiger charge is 2.47. The van der Waals surface area contributed by atoms with Crippen molar-refractivity contribution in [2.24, 2.45) is 5.92 Å². The number of quaternary nitrogens is 1. The molecule has 0 aliphatic carbocycles. The minimum atomic E-state index is -3.30. The third kappa shape index (κ3) is 8.24. The second kappa shape index (κ2) is 14.1. The Morgan fingerprint density at radius 3 is 2.57 bits per heavy atom. The highest BCUT2D eigenvalue weighted by Crippen LogP contribution is 2.41. The fraction of sp³-hybridized carbons (Fsp3) is 0.742. The van der Waals surface area contributed by atoms with Crippen molar-refractivity contribution in [1.29, 1.82) is 0 Å². The van der Waals surface area contributed by atoms with Gasteiger partial charge < -0.3 is 19.2 Å². The summed E-state index contributed by atoms with van der Waals surface area (Å²) in [5.41, 5.74) is 2.04. The average molecular weight is 608 g/mol. The Morgan fingerprint density at radius 1 is 1.14 bits per heavy atom. The van der Waals surface area contributed by atoms with Gasteiger partial charge >= 0.3 is 5.97 Å². The molecule has 2 saturated heterocycles. The predicted molar refractivity (Wildman–Crippen MR) is 163 cm³/mol. The minimum absolute atomic E-state index is 0.0274. The molecular formula is C31H51N4O6S+. The van der Waals surface area contributed by atoms with Gasteiger partial charge in [-0.25, -0.2) is 12.7 Å². The summed E-state index contributed by atoms with van der Waals surface area (Å²) < 4.78 is 33.1. The second-order valence-corrected chi connectivity index (χ2v) is 15.3. The molecular weight excluding hydrogens is 556 g/mol. The molecule has 42 heavy (non-hydrogen) atoms. The Hall–Kier alpha value is -2.21. The molecule has 2 fully saturated rings. The molecule has 10 nitrogen and oxygen atoms in total.